The number of ether oxygens (including phenoxy) is 2. The largest absolute Gasteiger partial charge is 0.493 e. The summed E-state index contributed by atoms with van der Waals surface area (Å²) in [5.41, 5.74) is 10.2. The van der Waals surface area contributed by atoms with E-state index < -0.39 is 0 Å². The summed E-state index contributed by atoms with van der Waals surface area (Å²) in [6, 6.07) is 21.3. The average molecular weight is 585 g/mol. The molecule has 5 rings (SSSR count). The number of carbonyl (C=O) groups excluding carboxylic acids is 2. The van der Waals surface area contributed by atoms with Gasteiger partial charge in [0.15, 0.2) is 11.5 Å². The molecule has 0 radical (unpaired) electrons. The molecule has 2 amide bonds. The second-order valence-corrected chi connectivity index (χ2v) is 11.8. The van der Waals surface area contributed by atoms with Crippen LogP contribution in [0.2, 0.25) is 0 Å². The van der Waals surface area contributed by atoms with Gasteiger partial charge in [0.1, 0.15) is 0 Å². The number of anilines is 1. The monoisotopic (exact) mass is 584 g/mol. The lowest BCUT2D eigenvalue weighted by atomic mass is 9.90. The molecule has 2 unspecified atom stereocenters. The van der Waals surface area contributed by atoms with Gasteiger partial charge in [0.25, 0.3) is 11.8 Å². The van der Waals surface area contributed by atoms with E-state index in [1.807, 2.05) is 12.1 Å². The van der Waals surface area contributed by atoms with Crippen LogP contribution in [0.4, 0.5) is 5.69 Å². The van der Waals surface area contributed by atoms with Crippen molar-refractivity contribution in [2.75, 3.05) is 32.6 Å². The lowest BCUT2D eigenvalue weighted by molar-refractivity contribution is 0.0920. The van der Waals surface area contributed by atoms with E-state index in [0.29, 0.717) is 40.8 Å². The Balaban J connectivity index is 1.32. The molecular weight excluding hydrogens is 540 g/mol. The third kappa shape index (κ3) is 7.94. The van der Waals surface area contributed by atoms with Crippen LogP contribution in [0, 0.1) is 5.92 Å². The zero-order valence-electron chi connectivity index (χ0n) is 25.3. The number of likely N-dealkylation sites (tertiary alicyclic amines) is 1. The molecule has 3 aromatic carbocycles. The van der Waals surface area contributed by atoms with Crippen molar-refractivity contribution in [2.24, 2.45) is 11.7 Å². The standard InChI is InChI=1S/C35H44N4O4/c1-42-32-15-14-27(22-33(32)43-2)35(41)38-31-21-26(34(40)37-30-11-7-6-10-29(30)36)12-13-28(31)23-39-18-16-25(17-19-39)20-24-8-4-3-5-9-24/h3-5,8-9,12-15,21-22,25,29-30H,6-7,10-11,16-20,23,36H2,1-2H3,(H,37,40)(H,38,41). The summed E-state index contributed by atoms with van der Waals surface area (Å²) in [5, 5.41) is 6.22. The van der Waals surface area contributed by atoms with E-state index >= 15 is 0 Å². The summed E-state index contributed by atoms with van der Waals surface area (Å²) in [4.78, 5) is 29.2. The molecule has 1 aliphatic heterocycles. The molecular formula is C35H44N4O4. The lowest BCUT2D eigenvalue weighted by Crippen LogP contribution is -2.49. The first-order chi connectivity index (χ1) is 20.9. The zero-order valence-corrected chi connectivity index (χ0v) is 25.3. The van der Waals surface area contributed by atoms with Gasteiger partial charge >= 0.3 is 0 Å². The van der Waals surface area contributed by atoms with Crippen LogP contribution in [-0.2, 0) is 13.0 Å². The van der Waals surface area contributed by atoms with Gasteiger partial charge in [-0.25, -0.2) is 0 Å². The number of methoxy groups -OCH3 is 2. The highest BCUT2D eigenvalue weighted by molar-refractivity contribution is 6.06. The Kier molecular flexibility index (Phi) is 10.3. The SMILES string of the molecule is COc1ccc(C(=O)Nc2cc(C(=O)NC3CCCCC3N)ccc2CN2CCC(Cc3ccccc3)CC2)cc1OC. The van der Waals surface area contributed by atoms with Crippen LogP contribution in [0.25, 0.3) is 0 Å². The molecule has 228 valence electrons. The van der Waals surface area contributed by atoms with Crippen molar-refractivity contribution in [1.82, 2.24) is 10.2 Å². The van der Waals surface area contributed by atoms with E-state index in [9.17, 15) is 9.59 Å². The quantitative estimate of drug-likeness (QED) is 0.294. The number of rotatable bonds is 10. The average Bonchev–Trinajstić information content (AvgIpc) is 3.04. The molecule has 0 bridgehead atoms. The van der Waals surface area contributed by atoms with E-state index in [2.05, 4.69) is 45.9 Å². The van der Waals surface area contributed by atoms with Gasteiger partial charge in [-0.05, 0) is 92.6 Å². The van der Waals surface area contributed by atoms with Crippen molar-refractivity contribution in [3.63, 3.8) is 0 Å². The van der Waals surface area contributed by atoms with Crippen molar-refractivity contribution in [1.29, 1.82) is 0 Å². The minimum atomic E-state index is -0.282. The molecule has 1 saturated carbocycles. The van der Waals surface area contributed by atoms with Crippen LogP contribution in [0.15, 0.2) is 66.7 Å². The van der Waals surface area contributed by atoms with Gasteiger partial charge < -0.3 is 25.8 Å². The maximum absolute atomic E-state index is 13.4. The minimum Gasteiger partial charge on any atom is -0.493 e. The van der Waals surface area contributed by atoms with Crippen LogP contribution in [-0.4, -0.2) is 56.1 Å². The van der Waals surface area contributed by atoms with Gasteiger partial charge in [-0.1, -0.05) is 49.2 Å². The first-order valence-corrected chi connectivity index (χ1v) is 15.4. The summed E-state index contributed by atoms with van der Waals surface area (Å²) < 4.78 is 10.7. The molecule has 2 atom stereocenters. The second-order valence-electron chi connectivity index (χ2n) is 11.8. The second kappa shape index (κ2) is 14.5. The summed E-state index contributed by atoms with van der Waals surface area (Å²) in [7, 11) is 3.10. The fourth-order valence-electron chi connectivity index (χ4n) is 6.27. The Hall–Kier alpha value is -3.88. The van der Waals surface area contributed by atoms with Crippen LogP contribution in [0.1, 0.15) is 70.4 Å². The Morgan fingerprint density at radius 3 is 2.26 bits per heavy atom. The number of nitrogens with two attached hydrogens (primary N) is 1. The van der Waals surface area contributed by atoms with Crippen LogP contribution in [0.3, 0.4) is 0 Å². The summed E-state index contributed by atoms with van der Waals surface area (Å²) in [6.07, 6.45) is 7.32. The van der Waals surface area contributed by atoms with E-state index in [1.54, 1.807) is 38.5 Å². The maximum Gasteiger partial charge on any atom is 0.255 e. The van der Waals surface area contributed by atoms with Crippen molar-refractivity contribution < 1.29 is 19.1 Å². The first-order valence-electron chi connectivity index (χ1n) is 15.4. The van der Waals surface area contributed by atoms with Gasteiger partial charge in [-0.3, -0.25) is 14.5 Å². The third-order valence-corrected chi connectivity index (χ3v) is 8.87. The Labute approximate surface area is 254 Å². The zero-order chi connectivity index (χ0) is 30.2. The molecule has 0 aromatic heterocycles. The van der Waals surface area contributed by atoms with Gasteiger partial charge in [0, 0.05) is 35.4 Å². The van der Waals surface area contributed by atoms with Crippen molar-refractivity contribution >= 4 is 17.5 Å². The summed E-state index contributed by atoms with van der Waals surface area (Å²) in [5.74, 6) is 1.24. The minimum absolute atomic E-state index is 0.0361. The third-order valence-electron chi connectivity index (χ3n) is 8.87. The van der Waals surface area contributed by atoms with Crippen LogP contribution >= 0.6 is 0 Å². The fourth-order valence-corrected chi connectivity index (χ4v) is 6.27. The molecule has 1 saturated heterocycles. The molecule has 1 aliphatic carbocycles. The van der Waals surface area contributed by atoms with Crippen LogP contribution < -0.4 is 25.8 Å². The van der Waals surface area contributed by atoms with Gasteiger partial charge in [-0.15, -0.1) is 0 Å². The van der Waals surface area contributed by atoms with Gasteiger partial charge in [0.2, 0.25) is 0 Å². The number of benzene rings is 3. The molecule has 2 aliphatic rings. The number of hydrogen-bond acceptors (Lipinski definition) is 6. The van der Waals surface area contributed by atoms with Crippen LogP contribution in [0.5, 0.6) is 11.5 Å². The Morgan fingerprint density at radius 1 is 0.837 bits per heavy atom. The molecule has 1 heterocycles. The number of nitrogens with zero attached hydrogens (tertiary/aromatic N) is 1. The molecule has 3 aromatic rings. The van der Waals surface area contributed by atoms with Crippen molar-refractivity contribution in [3.8, 4) is 11.5 Å². The number of amides is 2. The maximum atomic E-state index is 13.4. The van der Waals surface area contributed by atoms with E-state index in [1.165, 1.54) is 5.56 Å². The van der Waals surface area contributed by atoms with E-state index in [0.717, 1.165) is 63.6 Å². The Bertz CT molecular complexity index is 1390. The van der Waals surface area contributed by atoms with Gasteiger partial charge in [0.05, 0.1) is 14.2 Å². The smallest absolute Gasteiger partial charge is 0.255 e. The molecule has 8 heteroatoms. The topological polar surface area (TPSA) is 106 Å². The number of nitrogens with one attached hydrogen (secondary N) is 2. The first kappa shape index (κ1) is 30.6. The predicted molar refractivity (Wildman–Crippen MR) is 170 cm³/mol. The normalized spacial score (nSPS) is 19.4. The molecule has 43 heavy (non-hydrogen) atoms. The predicted octanol–water partition coefficient (Wildman–Crippen LogP) is 5.41. The number of carbonyl (C=O) groups is 2. The highest BCUT2D eigenvalue weighted by Crippen LogP contribution is 2.29. The molecule has 0 spiro atoms. The highest BCUT2D eigenvalue weighted by atomic mass is 16.5. The Morgan fingerprint density at radius 2 is 1.53 bits per heavy atom. The van der Waals surface area contributed by atoms with E-state index in [4.69, 9.17) is 15.2 Å². The number of piperidine rings is 1. The highest BCUT2D eigenvalue weighted by Gasteiger charge is 2.25. The molecule has 2 fully saturated rings. The van der Waals surface area contributed by atoms with Gasteiger partial charge in [-0.2, -0.15) is 0 Å². The molecule has 4 N–H and O–H groups in total. The van der Waals surface area contributed by atoms with Crippen molar-refractivity contribution in [2.45, 2.75) is 63.6 Å². The summed E-state index contributed by atoms with van der Waals surface area (Å²) >= 11 is 0. The van der Waals surface area contributed by atoms with E-state index in [-0.39, 0.29) is 23.9 Å². The molecule has 8 nitrogen and oxygen atoms in total. The lowest BCUT2D eigenvalue weighted by Gasteiger charge is -2.32. The fraction of sp³-hybridized carbons (Fsp3) is 0.429. The number of hydrogen-bond donors (Lipinski definition) is 3. The van der Waals surface area contributed by atoms with Crippen molar-refractivity contribution in [3.05, 3.63) is 89.0 Å². The summed E-state index contributed by atoms with van der Waals surface area (Å²) in [6.45, 7) is 2.67.